The monoisotopic (exact) mass is 384 g/mol. The molecule has 0 unspecified atom stereocenters. The topological polar surface area (TPSA) is 58.2 Å². The van der Waals surface area contributed by atoms with Crippen molar-refractivity contribution < 1.29 is 9.59 Å². The number of aryl methyl sites for hydroxylation is 1. The Kier molecular flexibility index (Phi) is 6.88. The fraction of sp³-hybridized carbons (Fsp3) is 0.364. The first-order valence-corrected chi connectivity index (χ1v) is 9.89. The van der Waals surface area contributed by atoms with Crippen molar-refractivity contribution in [3.63, 3.8) is 0 Å². The molecular formula is C22H25ClN2O2. The minimum Gasteiger partial charge on any atom is -0.352 e. The van der Waals surface area contributed by atoms with Crippen LogP contribution in [0.5, 0.6) is 0 Å². The molecule has 0 bridgehead atoms. The molecule has 2 amide bonds. The van der Waals surface area contributed by atoms with Crippen LogP contribution in [0.15, 0.2) is 48.5 Å². The van der Waals surface area contributed by atoms with Crippen LogP contribution in [-0.4, -0.2) is 11.8 Å². The Morgan fingerprint density at radius 1 is 1.04 bits per heavy atom. The average molecular weight is 385 g/mol. The largest absolute Gasteiger partial charge is 0.352 e. The van der Waals surface area contributed by atoms with E-state index in [-0.39, 0.29) is 17.7 Å². The van der Waals surface area contributed by atoms with Crippen molar-refractivity contribution in [3.8, 4) is 0 Å². The first-order valence-electron chi connectivity index (χ1n) is 9.52. The van der Waals surface area contributed by atoms with Crippen molar-refractivity contribution in [2.75, 3.05) is 5.32 Å². The number of benzene rings is 2. The quantitative estimate of drug-likeness (QED) is 0.725. The third-order valence-corrected chi connectivity index (χ3v) is 5.36. The minimum atomic E-state index is -0.0182. The van der Waals surface area contributed by atoms with Crippen molar-refractivity contribution in [2.45, 2.75) is 45.1 Å². The van der Waals surface area contributed by atoms with Crippen molar-refractivity contribution in [1.29, 1.82) is 0 Å². The van der Waals surface area contributed by atoms with Gasteiger partial charge in [0.15, 0.2) is 0 Å². The first-order chi connectivity index (χ1) is 13.1. The van der Waals surface area contributed by atoms with Crippen LogP contribution in [0.2, 0.25) is 5.02 Å². The fourth-order valence-corrected chi connectivity index (χ4v) is 3.66. The van der Waals surface area contributed by atoms with E-state index in [1.165, 1.54) is 0 Å². The predicted octanol–water partition coefficient (Wildman–Crippen LogP) is 4.72. The second-order valence-corrected chi connectivity index (χ2v) is 7.45. The van der Waals surface area contributed by atoms with E-state index < -0.39 is 0 Å². The van der Waals surface area contributed by atoms with Gasteiger partial charge in [-0.25, -0.2) is 0 Å². The summed E-state index contributed by atoms with van der Waals surface area (Å²) in [5, 5.41) is 6.62. The predicted molar refractivity (Wildman–Crippen MR) is 109 cm³/mol. The number of carbonyl (C=O) groups is 2. The summed E-state index contributed by atoms with van der Waals surface area (Å²) in [7, 11) is 0. The normalized spacial score (nSPS) is 14.1. The van der Waals surface area contributed by atoms with Crippen LogP contribution in [-0.2, 0) is 22.6 Å². The number of amides is 2. The van der Waals surface area contributed by atoms with Crippen LogP contribution in [0.4, 0.5) is 5.69 Å². The highest BCUT2D eigenvalue weighted by atomic mass is 35.5. The molecule has 0 spiro atoms. The maximum atomic E-state index is 12.2. The molecule has 1 fully saturated rings. The van der Waals surface area contributed by atoms with Crippen molar-refractivity contribution in [1.82, 2.24) is 5.32 Å². The molecule has 5 heteroatoms. The highest BCUT2D eigenvalue weighted by Gasteiger charge is 2.22. The van der Waals surface area contributed by atoms with E-state index >= 15 is 0 Å². The van der Waals surface area contributed by atoms with E-state index in [0.717, 1.165) is 42.5 Å². The number of rotatable bonds is 7. The van der Waals surface area contributed by atoms with E-state index in [1.54, 1.807) is 0 Å². The van der Waals surface area contributed by atoms with Crippen molar-refractivity contribution >= 4 is 29.1 Å². The van der Waals surface area contributed by atoms with Gasteiger partial charge in [0.1, 0.15) is 0 Å². The molecule has 27 heavy (non-hydrogen) atoms. The maximum Gasteiger partial charge on any atom is 0.227 e. The summed E-state index contributed by atoms with van der Waals surface area (Å²) in [5.74, 6) is 0.224. The lowest BCUT2D eigenvalue weighted by Gasteiger charge is -2.12. The number of nitrogens with one attached hydrogen (secondary N) is 2. The number of halogens is 1. The Labute approximate surface area is 165 Å². The van der Waals surface area contributed by atoms with Gasteiger partial charge in [-0.2, -0.15) is 0 Å². The number of carbonyl (C=O) groups excluding carboxylic acids is 2. The molecule has 0 heterocycles. The zero-order chi connectivity index (χ0) is 19.1. The third kappa shape index (κ3) is 5.83. The third-order valence-electron chi connectivity index (χ3n) is 4.99. The van der Waals surface area contributed by atoms with Gasteiger partial charge in [-0.1, -0.05) is 54.8 Å². The molecule has 2 aromatic carbocycles. The minimum absolute atomic E-state index is 0.0182. The molecule has 0 atom stereocenters. The fourth-order valence-electron chi connectivity index (χ4n) is 3.43. The van der Waals surface area contributed by atoms with E-state index in [9.17, 15) is 9.59 Å². The second-order valence-electron chi connectivity index (χ2n) is 7.04. The summed E-state index contributed by atoms with van der Waals surface area (Å²) >= 11 is 6.12. The SMILES string of the molecule is O=C(CCc1ccccc1Cl)NCc1cccc(NC(=O)C2CCCC2)c1. The van der Waals surface area contributed by atoms with Gasteiger partial charge >= 0.3 is 0 Å². The van der Waals surface area contributed by atoms with E-state index in [0.29, 0.717) is 24.4 Å². The number of anilines is 1. The molecule has 3 rings (SSSR count). The summed E-state index contributed by atoms with van der Waals surface area (Å²) in [5.41, 5.74) is 2.73. The summed E-state index contributed by atoms with van der Waals surface area (Å²) in [6, 6.07) is 15.2. The molecule has 2 N–H and O–H groups in total. The summed E-state index contributed by atoms with van der Waals surface area (Å²) < 4.78 is 0. The molecule has 0 aromatic heterocycles. The summed E-state index contributed by atoms with van der Waals surface area (Å²) in [6.07, 6.45) is 5.24. The van der Waals surface area contributed by atoms with Gasteiger partial charge < -0.3 is 10.6 Å². The average Bonchev–Trinajstić information content (AvgIpc) is 3.21. The standard InChI is InChI=1S/C22H25ClN2O2/c23-20-11-4-3-7-17(20)12-13-21(26)24-15-16-6-5-10-19(14-16)25-22(27)18-8-1-2-9-18/h3-7,10-11,14,18H,1-2,8-9,12-13,15H2,(H,24,26)(H,25,27). The van der Waals surface area contributed by atoms with Crippen molar-refractivity contribution in [3.05, 3.63) is 64.7 Å². The Bertz CT molecular complexity index is 800. The molecule has 1 aliphatic carbocycles. The van der Waals surface area contributed by atoms with Crippen LogP contribution in [0.25, 0.3) is 0 Å². The van der Waals surface area contributed by atoms with Gasteiger partial charge in [-0.3, -0.25) is 9.59 Å². The van der Waals surface area contributed by atoms with Crippen LogP contribution in [0, 0.1) is 5.92 Å². The van der Waals surface area contributed by atoms with Gasteiger partial charge in [-0.05, 0) is 48.6 Å². The molecule has 0 radical (unpaired) electrons. The highest BCUT2D eigenvalue weighted by molar-refractivity contribution is 6.31. The van der Waals surface area contributed by atoms with E-state index in [2.05, 4.69) is 10.6 Å². The number of hydrogen-bond acceptors (Lipinski definition) is 2. The molecule has 142 valence electrons. The molecule has 0 aliphatic heterocycles. The Balaban J connectivity index is 1.47. The van der Waals surface area contributed by atoms with Gasteiger partial charge in [-0.15, -0.1) is 0 Å². The lowest BCUT2D eigenvalue weighted by molar-refractivity contribution is -0.121. The van der Waals surface area contributed by atoms with Gasteiger partial charge in [0.25, 0.3) is 0 Å². The van der Waals surface area contributed by atoms with Crippen LogP contribution in [0.3, 0.4) is 0 Å². The first kappa shape index (κ1) is 19.4. The second kappa shape index (κ2) is 9.56. The van der Waals surface area contributed by atoms with Crippen molar-refractivity contribution in [2.24, 2.45) is 5.92 Å². The van der Waals surface area contributed by atoms with Gasteiger partial charge in [0.05, 0.1) is 0 Å². The Morgan fingerprint density at radius 3 is 2.59 bits per heavy atom. The Hall–Kier alpha value is -2.33. The molecule has 4 nitrogen and oxygen atoms in total. The van der Waals surface area contributed by atoms with Crippen LogP contribution in [0.1, 0.15) is 43.2 Å². The Morgan fingerprint density at radius 2 is 1.81 bits per heavy atom. The lowest BCUT2D eigenvalue weighted by Crippen LogP contribution is -2.23. The van der Waals surface area contributed by atoms with Crippen LogP contribution >= 0.6 is 11.6 Å². The summed E-state index contributed by atoms with van der Waals surface area (Å²) in [6.45, 7) is 0.439. The smallest absolute Gasteiger partial charge is 0.227 e. The zero-order valence-electron chi connectivity index (χ0n) is 15.3. The molecular weight excluding hydrogens is 360 g/mol. The molecule has 1 saturated carbocycles. The maximum absolute atomic E-state index is 12.2. The molecule has 1 aliphatic rings. The highest BCUT2D eigenvalue weighted by Crippen LogP contribution is 2.26. The molecule has 0 saturated heterocycles. The number of hydrogen-bond donors (Lipinski definition) is 2. The van der Waals surface area contributed by atoms with E-state index in [1.807, 2.05) is 48.5 Å². The van der Waals surface area contributed by atoms with Gasteiger partial charge in [0.2, 0.25) is 11.8 Å². The van der Waals surface area contributed by atoms with E-state index in [4.69, 9.17) is 11.6 Å². The van der Waals surface area contributed by atoms with Crippen LogP contribution < -0.4 is 10.6 Å². The van der Waals surface area contributed by atoms with Gasteiger partial charge in [0, 0.05) is 29.6 Å². The lowest BCUT2D eigenvalue weighted by atomic mass is 10.1. The zero-order valence-corrected chi connectivity index (χ0v) is 16.1. The molecule has 2 aromatic rings. The summed E-state index contributed by atoms with van der Waals surface area (Å²) in [4.78, 5) is 24.4.